The van der Waals surface area contributed by atoms with E-state index in [1.165, 1.54) is 11.8 Å². The predicted molar refractivity (Wildman–Crippen MR) is 184 cm³/mol. The smallest absolute Gasteiger partial charge is 0.272 e. The van der Waals surface area contributed by atoms with Gasteiger partial charge >= 0.3 is 0 Å². The molecule has 2 N–H and O–H groups in total. The van der Waals surface area contributed by atoms with Gasteiger partial charge in [-0.3, -0.25) is 19.0 Å². The van der Waals surface area contributed by atoms with Gasteiger partial charge in [0.05, 0.1) is 16.3 Å². The summed E-state index contributed by atoms with van der Waals surface area (Å²) >= 11 is 1.46. The van der Waals surface area contributed by atoms with Crippen LogP contribution in [0, 0.1) is 6.92 Å². The number of fused-ring (bicyclic) bond motifs is 3. The van der Waals surface area contributed by atoms with Crippen LogP contribution in [0.2, 0.25) is 0 Å². The van der Waals surface area contributed by atoms with E-state index in [4.69, 9.17) is 0 Å². The summed E-state index contributed by atoms with van der Waals surface area (Å²) in [4.78, 5) is 41.0. The zero-order valence-electron chi connectivity index (χ0n) is 24.9. The van der Waals surface area contributed by atoms with E-state index in [0.29, 0.717) is 11.3 Å². The highest BCUT2D eigenvalue weighted by atomic mass is 32.2. The minimum Gasteiger partial charge on any atom is -0.321 e. The topological polar surface area (TPSA) is 80.2 Å². The molecule has 1 atom stereocenters. The molecule has 0 aliphatic rings. The first-order chi connectivity index (χ1) is 21.9. The molecule has 0 aliphatic heterocycles. The molecule has 6 nitrogen and oxygen atoms in total. The standard InChI is InChI=1S/C38H31N3O3S/c1-25-12-6-7-15-28(25)24-33(40-36(42)27-13-4-3-5-14-27)37(43)39-29-20-22-30(23-21-29)45-26(2)38(44)41-34-18-10-8-16-31(34)32-17-9-11-19-35(32)41/h3-24,26H,1-2H3,(H,39,43)(H,40,42)/b33-24-. The molecule has 5 aromatic carbocycles. The van der Waals surface area contributed by atoms with Gasteiger partial charge in [-0.15, -0.1) is 11.8 Å². The molecule has 0 aliphatic carbocycles. The summed E-state index contributed by atoms with van der Waals surface area (Å²) in [5.74, 6) is -0.827. The molecule has 6 aromatic rings. The Kier molecular flexibility index (Phi) is 8.62. The third-order valence-corrected chi connectivity index (χ3v) is 8.69. The van der Waals surface area contributed by atoms with Crippen molar-refractivity contribution in [2.24, 2.45) is 0 Å². The van der Waals surface area contributed by atoms with Crippen LogP contribution in [0.15, 0.2) is 138 Å². The molecule has 0 bridgehead atoms. The highest BCUT2D eigenvalue weighted by molar-refractivity contribution is 8.00. The Morgan fingerprint density at radius 2 is 1.29 bits per heavy atom. The van der Waals surface area contributed by atoms with Crippen molar-refractivity contribution in [3.05, 3.63) is 150 Å². The molecule has 7 heteroatoms. The number of nitrogens with zero attached hydrogens (tertiary/aromatic N) is 1. The van der Waals surface area contributed by atoms with Crippen LogP contribution in [-0.4, -0.2) is 27.5 Å². The first-order valence-electron chi connectivity index (χ1n) is 14.6. The fourth-order valence-electron chi connectivity index (χ4n) is 5.26. The van der Waals surface area contributed by atoms with Gasteiger partial charge < -0.3 is 10.6 Å². The minimum absolute atomic E-state index is 0.00470. The van der Waals surface area contributed by atoms with Crippen molar-refractivity contribution >= 4 is 63.1 Å². The Labute approximate surface area is 265 Å². The second kappa shape index (κ2) is 13.1. The van der Waals surface area contributed by atoms with Gasteiger partial charge in [-0.2, -0.15) is 0 Å². The minimum atomic E-state index is -0.446. The highest BCUT2D eigenvalue weighted by Gasteiger charge is 2.22. The number of anilines is 1. The van der Waals surface area contributed by atoms with E-state index >= 15 is 0 Å². The fraction of sp³-hybridized carbons (Fsp3) is 0.0789. The van der Waals surface area contributed by atoms with Crippen molar-refractivity contribution in [2.75, 3.05) is 5.32 Å². The van der Waals surface area contributed by atoms with Crippen molar-refractivity contribution in [3.63, 3.8) is 0 Å². The van der Waals surface area contributed by atoms with E-state index in [-0.39, 0.29) is 22.8 Å². The molecule has 1 unspecified atom stereocenters. The molecule has 0 fully saturated rings. The fourth-order valence-corrected chi connectivity index (χ4v) is 6.17. The van der Waals surface area contributed by atoms with Gasteiger partial charge in [0.25, 0.3) is 11.8 Å². The second-order valence-electron chi connectivity index (χ2n) is 10.7. The van der Waals surface area contributed by atoms with Crippen LogP contribution < -0.4 is 10.6 Å². The van der Waals surface area contributed by atoms with E-state index in [0.717, 1.165) is 37.8 Å². The number of hydrogen-bond donors (Lipinski definition) is 2. The SMILES string of the molecule is Cc1ccccc1/C=C(\NC(=O)c1ccccc1)C(=O)Nc1ccc(SC(C)C(=O)n2c3ccccc3c3ccccc32)cc1. The van der Waals surface area contributed by atoms with Gasteiger partial charge in [0.2, 0.25) is 5.91 Å². The Hall–Kier alpha value is -5.40. The molecule has 0 saturated carbocycles. The van der Waals surface area contributed by atoms with Crippen molar-refractivity contribution in [1.82, 2.24) is 9.88 Å². The molecular formula is C38H31N3O3S. The Morgan fingerprint density at radius 1 is 0.711 bits per heavy atom. The number of benzene rings is 5. The van der Waals surface area contributed by atoms with Gasteiger partial charge in [0.1, 0.15) is 5.70 Å². The normalized spacial score (nSPS) is 12.2. The van der Waals surface area contributed by atoms with E-state index < -0.39 is 5.91 Å². The lowest BCUT2D eigenvalue weighted by molar-refractivity contribution is -0.113. The van der Waals surface area contributed by atoms with E-state index in [1.807, 2.05) is 109 Å². The number of carbonyl (C=O) groups is 3. The molecule has 0 saturated heterocycles. The van der Waals surface area contributed by atoms with Crippen LogP contribution in [0.25, 0.3) is 27.9 Å². The van der Waals surface area contributed by atoms with Crippen molar-refractivity contribution in [3.8, 4) is 0 Å². The van der Waals surface area contributed by atoms with Crippen molar-refractivity contribution < 1.29 is 14.4 Å². The summed E-state index contributed by atoms with van der Waals surface area (Å²) in [6.45, 7) is 3.86. The van der Waals surface area contributed by atoms with Crippen LogP contribution in [-0.2, 0) is 4.79 Å². The number of carbonyl (C=O) groups excluding carboxylic acids is 3. The maximum Gasteiger partial charge on any atom is 0.272 e. The highest BCUT2D eigenvalue weighted by Crippen LogP contribution is 2.32. The molecule has 0 spiro atoms. The van der Waals surface area contributed by atoms with Gasteiger partial charge in [-0.1, -0.05) is 78.9 Å². The maximum absolute atomic E-state index is 13.7. The quantitative estimate of drug-likeness (QED) is 0.134. The summed E-state index contributed by atoms with van der Waals surface area (Å²) in [5, 5.41) is 7.43. The lowest BCUT2D eigenvalue weighted by Crippen LogP contribution is -2.30. The largest absolute Gasteiger partial charge is 0.321 e. The molecule has 222 valence electrons. The average Bonchev–Trinajstić information content (AvgIpc) is 3.40. The predicted octanol–water partition coefficient (Wildman–Crippen LogP) is 8.33. The summed E-state index contributed by atoms with van der Waals surface area (Å²) in [7, 11) is 0. The molecule has 6 rings (SSSR count). The second-order valence-corrected chi connectivity index (χ2v) is 12.1. The van der Waals surface area contributed by atoms with Gasteiger partial charge in [-0.05, 0) is 79.6 Å². The van der Waals surface area contributed by atoms with Gasteiger partial charge in [0.15, 0.2) is 0 Å². The lowest BCUT2D eigenvalue weighted by Gasteiger charge is -2.14. The Balaban J connectivity index is 1.18. The van der Waals surface area contributed by atoms with Crippen molar-refractivity contribution in [1.29, 1.82) is 0 Å². The monoisotopic (exact) mass is 609 g/mol. The van der Waals surface area contributed by atoms with Gasteiger partial charge in [0, 0.05) is 26.9 Å². The number of aromatic nitrogens is 1. The lowest BCUT2D eigenvalue weighted by atomic mass is 10.1. The zero-order chi connectivity index (χ0) is 31.3. The van der Waals surface area contributed by atoms with Crippen LogP contribution in [0.3, 0.4) is 0 Å². The molecule has 2 amide bonds. The summed E-state index contributed by atoms with van der Waals surface area (Å²) in [5.41, 5.74) is 4.72. The average molecular weight is 610 g/mol. The van der Waals surface area contributed by atoms with Crippen LogP contribution in [0.4, 0.5) is 5.69 Å². The number of amides is 2. The number of hydrogen-bond acceptors (Lipinski definition) is 4. The molecule has 1 aromatic heterocycles. The first kappa shape index (κ1) is 29.7. The summed E-state index contributed by atoms with van der Waals surface area (Å²) in [6.07, 6.45) is 1.68. The number of para-hydroxylation sites is 2. The number of aryl methyl sites for hydroxylation is 1. The van der Waals surface area contributed by atoms with E-state index in [9.17, 15) is 14.4 Å². The van der Waals surface area contributed by atoms with Crippen LogP contribution >= 0.6 is 11.8 Å². The summed E-state index contributed by atoms with van der Waals surface area (Å²) in [6, 6.07) is 39.7. The third-order valence-electron chi connectivity index (χ3n) is 7.59. The maximum atomic E-state index is 13.7. The third kappa shape index (κ3) is 6.44. The van der Waals surface area contributed by atoms with Gasteiger partial charge in [-0.25, -0.2) is 0 Å². The van der Waals surface area contributed by atoms with Crippen LogP contribution in [0.1, 0.15) is 33.2 Å². The van der Waals surface area contributed by atoms with E-state index in [2.05, 4.69) is 10.6 Å². The Morgan fingerprint density at radius 3 is 1.93 bits per heavy atom. The first-order valence-corrected chi connectivity index (χ1v) is 15.5. The number of thioether (sulfide) groups is 1. The number of nitrogens with one attached hydrogen (secondary N) is 2. The molecule has 1 heterocycles. The Bertz CT molecular complexity index is 2010. The molecule has 0 radical (unpaired) electrons. The summed E-state index contributed by atoms with van der Waals surface area (Å²) < 4.78 is 1.81. The van der Waals surface area contributed by atoms with Crippen molar-refractivity contribution in [2.45, 2.75) is 24.0 Å². The molecular weight excluding hydrogens is 579 g/mol. The van der Waals surface area contributed by atoms with Crippen LogP contribution in [0.5, 0.6) is 0 Å². The molecule has 45 heavy (non-hydrogen) atoms. The van der Waals surface area contributed by atoms with E-state index in [1.54, 1.807) is 42.5 Å². The number of rotatable bonds is 8. The zero-order valence-corrected chi connectivity index (χ0v) is 25.7.